The number of rotatable bonds is 3. The van der Waals surface area contributed by atoms with E-state index in [1.165, 1.54) is 0 Å². The quantitative estimate of drug-likeness (QED) is 0.690. The van der Waals surface area contributed by atoms with Crippen LogP contribution in [0.4, 0.5) is 0 Å². The number of hydrogen-bond donors (Lipinski definition) is 0. The Morgan fingerprint density at radius 2 is 1.32 bits per heavy atom. The normalized spacial score (nSPS) is 27.5. The summed E-state index contributed by atoms with van der Waals surface area (Å²) in [5.41, 5.74) is 5.17. The second-order valence-electron chi connectivity index (χ2n) is 3.81. The van der Waals surface area contributed by atoms with Crippen LogP contribution in [0.5, 0.6) is 0 Å². The first-order valence-corrected chi connectivity index (χ1v) is 17.4. The molecule has 0 N–H and O–H groups in total. The Hall–Kier alpha value is 0.321. The highest BCUT2D eigenvalue weighted by Gasteiger charge is 2.55. The zero-order valence-electron chi connectivity index (χ0n) is 10.9. The van der Waals surface area contributed by atoms with Crippen LogP contribution >= 0.6 is 0 Å². The summed E-state index contributed by atoms with van der Waals surface area (Å²) in [5, 5.41) is 0. The molecule has 5 nitrogen and oxygen atoms in total. The Kier molecular flexibility index (Phi) is 5.28. The highest BCUT2D eigenvalue weighted by molar-refractivity contribution is 7.47. The van der Waals surface area contributed by atoms with Crippen molar-refractivity contribution in [3.8, 4) is 0 Å². The van der Waals surface area contributed by atoms with Gasteiger partial charge in [0.25, 0.3) is 0 Å². The standard InChI is InChI=1S/C8H15O5Si6/c1-6-16-9-14(4)18-13-19(8-3,11-16)12-17(7-2)10-15(18)5/h6-8H,1-3H2,4-5H3. The van der Waals surface area contributed by atoms with Gasteiger partial charge in [-0.3, -0.25) is 0 Å². The maximum Gasteiger partial charge on any atom is 0.500 e. The Balaban J connectivity index is 2.37. The lowest BCUT2D eigenvalue weighted by Crippen LogP contribution is -2.53. The first-order chi connectivity index (χ1) is 9.03. The van der Waals surface area contributed by atoms with Gasteiger partial charge in [0.15, 0.2) is 0 Å². The Morgan fingerprint density at radius 3 is 1.68 bits per heavy atom. The lowest BCUT2D eigenvalue weighted by atomic mass is 11.3. The van der Waals surface area contributed by atoms with E-state index in [2.05, 4.69) is 32.8 Å². The van der Waals surface area contributed by atoms with Crippen molar-refractivity contribution in [2.45, 2.75) is 13.1 Å². The number of fused-ring (bicyclic) bond motifs is 2. The summed E-state index contributed by atoms with van der Waals surface area (Å²) in [7, 11) is -9.32. The molecule has 0 aromatic carbocycles. The van der Waals surface area contributed by atoms with E-state index in [0.717, 1.165) is 0 Å². The van der Waals surface area contributed by atoms with Crippen LogP contribution in [0.15, 0.2) is 36.8 Å². The van der Waals surface area contributed by atoms with Gasteiger partial charge < -0.3 is 20.6 Å². The molecule has 101 valence electrons. The fourth-order valence-corrected chi connectivity index (χ4v) is 32.2. The van der Waals surface area contributed by atoms with Crippen molar-refractivity contribution in [3.63, 3.8) is 0 Å². The molecule has 0 spiro atoms. The van der Waals surface area contributed by atoms with Gasteiger partial charge in [0.05, 0.1) is 0 Å². The Morgan fingerprint density at radius 1 is 0.842 bits per heavy atom. The molecule has 0 amide bonds. The smallest absolute Gasteiger partial charge is 0.432 e. The summed E-state index contributed by atoms with van der Waals surface area (Å²) in [6.45, 7) is 15.7. The molecule has 2 saturated heterocycles. The minimum absolute atomic E-state index is 1.07. The molecule has 11 heteroatoms. The van der Waals surface area contributed by atoms with Gasteiger partial charge in [-0.1, -0.05) is 0 Å². The molecule has 5 radical (unpaired) electrons. The first-order valence-electron chi connectivity index (χ1n) is 5.63. The SMILES string of the molecule is C=C[Si]1O[Si](C)[Si]2O[Si](C=C)(O1)O[Si](C=C)O[Si]2C. The van der Waals surface area contributed by atoms with Crippen LogP contribution in [0, 0.1) is 0 Å². The average molecular weight is 360 g/mol. The fourth-order valence-electron chi connectivity index (χ4n) is 1.60. The molecule has 2 rings (SSSR count). The molecule has 2 bridgehead atoms. The van der Waals surface area contributed by atoms with Crippen LogP contribution in [0.2, 0.25) is 13.1 Å². The number of hydrogen-bond acceptors (Lipinski definition) is 5. The molecule has 0 aromatic heterocycles. The molecule has 0 aromatic rings. The van der Waals surface area contributed by atoms with Gasteiger partial charge in [-0.05, 0) is 30.2 Å². The molecule has 0 unspecified atom stereocenters. The van der Waals surface area contributed by atoms with E-state index >= 15 is 0 Å². The van der Waals surface area contributed by atoms with E-state index in [-0.39, 0.29) is 0 Å². The molecular weight excluding hydrogens is 345 g/mol. The van der Waals surface area contributed by atoms with Gasteiger partial charge in [-0.15, -0.1) is 19.7 Å². The summed E-state index contributed by atoms with van der Waals surface area (Å²) < 4.78 is 30.3. The minimum atomic E-state index is -2.90. The van der Waals surface area contributed by atoms with Crippen molar-refractivity contribution >= 4 is 52.6 Å². The van der Waals surface area contributed by atoms with Gasteiger partial charge in [0.1, 0.15) is 0 Å². The third-order valence-electron chi connectivity index (χ3n) is 2.46. The van der Waals surface area contributed by atoms with Crippen molar-refractivity contribution in [1.82, 2.24) is 0 Å². The average Bonchev–Trinajstić information content (AvgIpc) is 2.64. The maximum atomic E-state index is 6.27. The van der Waals surface area contributed by atoms with Gasteiger partial charge in [-0.25, -0.2) is 0 Å². The molecule has 2 heterocycles. The molecule has 19 heavy (non-hydrogen) atoms. The second-order valence-corrected chi connectivity index (χ2v) is 22.9. The maximum absolute atomic E-state index is 6.27. The third kappa shape index (κ3) is 3.32. The topological polar surface area (TPSA) is 46.2 Å². The largest absolute Gasteiger partial charge is 0.500 e. The molecular formula is C8H15O5Si6. The second kappa shape index (κ2) is 6.39. The van der Waals surface area contributed by atoms with Crippen LogP contribution in [-0.4, -0.2) is 52.6 Å². The van der Waals surface area contributed by atoms with Crippen LogP contribution in [0.25, 0.3) is 0 Å². The zero-order chi connectivity index (χ0) is 14.0. The monoisotopic (exact) mass is 359 g/mol. The van der Waals surface area contributed by atoms with Crippen LogP contribution in [0.1, 0.15) is 0 Å². The third-order valence-corrected chi connectivity index (χ3v) is 28.7. The predicted molar refractivity (Wildman–Crippen MR) is 82.3 cm³/mol. The van der Waals surface area contributed by atoms with E-state index in [1.54, 1.807) is 17.1 Å². The summed E-state index contributed by atoms with van der Waals surface area (Å²) in [6.07, 6.45) is 0. The lowest BCUT2D eigenvalue weighted by Gasteiger charge is -2.27. The van der Waals surface area contributed by atoms with Gasteiger partial charge in [0.2, 0.25) is 25.2 Å². The van der Waals surface area contributed by atoms with E-state index in [0.29, 0.717) is 0 Å². The molecule has 0 saturated carbocycles. The molecule has 0 atom stereocenters. The van der Waals surface area contributed by atoms with E-state index in [4.69, 9.17) is 20.6 Å². The highest BCUT2D eigenvalue weighted by atomic mass is 29.6. The van der Waals surface area contributed by atoms with Crippen LogP contribution in [-0.2, 0) is 20.6 Å². The summed E-state index contributed by atoms with van der Waals surface area (Å²) in [4.78, 5) is 0. The molecule has 2 fully saturated rings. The predicted octanol–water partition coefficient (Wildman–Crippen LogP) is 0.578. The van der Waals surface area contributed by atoms with Gasteiger partial charge in [0, 0.05) is 0 Å². The first kappa shape index (κ1) is 15.7. The highest BCUT2D eigenvalue weighted by Crippen LogP contribution is 2.25. The Bertz CT molecular complexity index is 355. The van der Waals surface area contributed by atoms with Gasteiger partial charge >= 0.3 is 27.4 Å². The van der Waals surface area contributed by atoms with Crippen molar-refractivity contribution in [2.24, 2.45) is 0 Å². The molecule has 2 aliphatic rings. The van der Waals surface area contributed by atoms with Crippen molar-refractivity contribution < 1.29 is 20.6 Å². The zero-order valence-corrected chi connectivity index (χ0v) is 16.9. The van der Waals surface area contributed by atoms with Crippen molar-refractivity contribution in [3.05, 3.63) is 36.8 Å². The van der Waals surface area contributed by atoms with Crippen molar-refractivity contribution in [2.75, 3.05) is 0 Å². The van der Waals surface area contributed by atoms with E-state index in [9.17, 15) is 0 Å². The summed E-state index contributed by atoms with van der Waals surface area (Å²) >= 11 is 0. The van der Waals surface area contributed by atoms with E-state index in [1.807, 2.05) is 0 Å². The molecule has 2 aliphatic heterocycles. The minimum Gasteiger partial charge on any atom is -0.432 e. The molecule has 0 aliphatic carbocycles. The van der Waals surface area contributed by atoms with E-state index < -0.39 is 52.6 Å². The summed E-state index contributed by atoms with van der Waals surface area (Å²) in [6, 6.07) is 0. The lowest BCUT2D eigenvalue weighted by molar-refractivity contribution is 0.269. The summed E-state index contributed by atoms with van der Waals surface area (Å²) in [5.74, 6) is 0. The van der Waals surface area contributed by atoms with Crippen molar-refractivity contribution in [1.29, 1.82) is 0 Å². The fraction of sp³-hybridized carbons (Fsp3) is 0.250. The van der Waals surface area contributed by atoms with Crippen LogP contribution in [0.3, 0.4) is 0 Å². The van der Waals surface area contributed by atoms with Crippen LogP contribution < -0.4 is 0 Å². The Labute approximate surface area is 123 Å². The van der Waals surface area contributed by atoms with Gasteiger partial charge in [-0.2, -0.15) is 0 Å².